The zero-order chi connectivity index (χ0) is 24.5. The highest BCUT2D eigenvalue weighted by Crippen LogP contribution is 2.33. The number of aryl methyl sites for hydroxylation is 1. The molecular weight excluding hydrogens is 438 g/mol. The second-order valence-corrected chi connectivity index (χ2v) is 9.52. The fourth-order valence-electron chi connectivity index (χ4n) is 4.52. The van der Waals surface area contributed by atoms with E-state index < -0.39 is 5.92 Å². The van der Waals surface area contributed by atoms with Crippen molar-refractivity contribution in [1.29, 1.82) is 0 Å². The molecule has 1 saturated carbocycles. The zero-order valence-corrected chi connectivity index (χ0v) is 19.9. The first-order chi connectivity index (χ1) is 16.2. The Kier molecular flexibility index (Phi) is 6.93. The fraction of sp³-hybridized carbons (Fsp3) is 0.520. The first kappa shape index (κ1) is 24.2. The molecule has 3 heterocycles. The number of hydrogen-bond donors (Lipinski definition) is 2. The van der Waals surface area contributed by atoms with E-state index in [1.165, 1.54) is 17.9 Å². The van der Waals surface area contributed by atoms with Crippen molar-refractivity contribution in [3.63, 3.8) is 0 Å². The van der Waals surface area contributed by atoms with Gasteiger partial charge in [0.05, 0.1) is 41.6 Å². The minimum Gasteiger partial charge on any atom is -0.395 e. The third-order valence-electron chi connectivity index (χ3n) is 6.63. The van der Waals surface area contributed by atoms with E-state index in [1.807, 2.05) is 19.1 Å². The predicted molar refractivity (Wildman–Crippen MR) is 130 cm³/mol. The van der Waals surface area contributed by atoms with Gasteiger partial charge in [0.1, 0.15) is 0 Å². The minimum atomic E-state index is -2.70. The quantitative estimate of drug-likeness (QED) is 0.453. The first-order valence-corrected chi connectivity index (χ1v) is 12.0. The van der Waals surface area contributed by atoms with E-state index in [9.17, 15) is 13.6 Å². The number of alkyl halides is 2. The van der Waals surface area contributed by atoms with Crippen LogP contribution in [0.4, 0.5) is 14.5 Å². The molecule has 0 bridgehead atoms. The number of pyridine rings is 2. The number of piperidine rings is 1. The van der Waals surface area contributed by atoms with Gasteiger partial charge in [-0.1, -0.05) is 6.92 Å². The highest BCUT2D eigenvalue weighted by Gasteiger charge is 2.36. The first-order valence-electron chi connectivity index (χ1n) is 12.0. The van der Waals surface area contributed by atoms with Crippen molar-refractivity contribution in [2.75, 3.05) is 25.0 Å². The molecule has 0 aromatic carbocycles. The van der Waals surface area contributed by atoms with Gasteiger partial charge in [0.15, 0.2) is 0 Å². The van der Waals surface area contributed by atoms with Crippen LogP contribution in [0, 0.1) is 5.92 Å². The number of aromatic nitrogens is 2. The van der Waals surface area contributed by atoms with Gasteiger partial charge in [-0.3, -0.25) is 4.79 Å². The molecule has 34 heavy (non-hydrogen) atoms. The molecule has 7 nitrogen and oxygen atoms in total. The van der Waals surface area contributed by atoms with Crippen LogP contribution in [0.15, 0.2) is 41.0 Å². The van der Waals surface area contributed by atoms with E-state index in [0.717, 1.165) is 12.0 Å². The largest absolute Gasteiger partial charge is 0.395 e. The summed E-state index contributed by atoms with van der Waals surface area (Å²) in [6.07, 6.45) is 6.12. The maximum atomic E-state index is 14.0. The summed E-state index contributed by atoms with van der Waals surface area (Å²) in [5.41, 5.74) is 10.3. The van der Waals surface area contributed by atoms with Crippen LogP contribution in [0.5, 0.6) is 0 Å². The number of anilines is 1. The molecule has 2 aliphatic rings. The predicted octanol–water partition coefficient (Wildman–Crippen LogP) is 3.13. The van der Waals surface area contributed by atoms with E-state index in [2.05, 4.69) is 0 Å². The summed E-state index contributed by atoms with van der Waals surface area (Å²) >= 11 is 0. The molecule has 2 aromatic heterocycles. The van der Waals surface area contributed by atoms with E-state index in [-0.39, 0.29) is 25.1 Å². The van der Waals surface area contributed by atoms with Gasteiger partial charge in [-0.25, -0.2) is 19.6 Å². The lowest BCUT2D eigenvalue weighted by Crippen LogP contribution is -2.43. The molecule has 0 unspecified atom stereocenters. The maximum absolute atomic E-state index is 14.0. The lowest BCUT2D eigenvalue weighted by atomic mass is 10.1. The van der Waals surface area contributed by atoms with Gasteiger partial charge in [-0.05, 0) is 61.8 Å². The molecule has 9 heteroatoms. The van der Waals surface area contributed by atoms with Crippen LogP contribution in [0.1, 0.15) is 49.6 Å². The van der Waals surface area contributed by atoms with Crippen molar-refractivity contribution in [2.24, 2.45) is 17.5 Å². The Bertz CT molecular complexity index is 1120. The van der Waals surface area contributed by atoms with Crippen molar-refractivity contribution in [1.82, 2.24) is 14.6 Å². The third-order valence-corrected chi connectivity index (χ3v) is 6.63. The molecule has 4 N–H and O–H groups in total. The second-order valence-electron chi connectivity index (χ2n) is 9.52. The number of halogens is 2. The molecule has 1 aliphatic carbocycles. The summed E-state index contributed by atoms with van der Waals surface area (Å²) in [5, 5.41) is 1.40. The van der Waals surface area contributed by atoms with Gasteiger partial charge >= 0.3 is 0 Å². The van der Waals surface area contributed by atoms with Gasteiger partial charge in [-0.15, -0.1) is 0 Å². The summed E-state index contributed by atoms with van der Waals surface area (Å²) < 4.78 is 29.5. The summed E-state index contributed by atoms with van der Waals surface area (Å²) in [6, 6.07) is 7.20. The molecule has 2 aromatic rings. The van der Waals surface area contributed by atoms with Crippen molar-refractivity contribution in [3.8, 4) is 0 Å². The van der Waals surface area contributed by atoms with Gasteiger partial charge in [-0.2, -0.15) is 0 Å². The Morgan fingerprint density at radius 2 is 2.06 bits per heavy atom. The number of likely N-dealkylation sites (N-methyl/N-ethyl adjacent to an activating group) is 1. The highest BCUT2D eigenvalue weighted by molar-refractivity contribution is 5.65. The van der Waals surface area contributed by atoms with Crippen LogP contribution >= 0.6 is 0 Å². The van der Waals surface area contributed by atoms with Crippen LogP contribution in [-0.2, 0) is 19.4 Å². The smallest absolute Gasteiger partial charge is 0.265 e. The Labute approximate surface area is 199 Å². The summed E-state index contributed by atoms with van der Waals surface area (Å²) in [6.45, 7) is 2.41. The number of rotatable bonds is 8. The molecule has 1 aliphatic heterocycles. The number of allylic oxidation sites excluding steroid dienone is 1. The monoisotopic (exact) mass is 472 g/mol. The Morgan fingerprint density at radius 3 is 2.68 bits per heavy atom. The van der Waals surface area contributed by atoms with Crippen molar-refractivity contribution >= 4 is 11.4 Å². The zero-order valence-electron chi connectivity index (χ0n) is 19.9. The summed E-state index contributed by atoms with van der Waals surface area (Å²) in [4.78, 5) is 19.1. The Morgan fingerprint density at radius 1 is 1.29 bits per heavy atom. The van der Waals surface area contributed by atoms with Crippen LogP contribution in [0.3, 0.4) is 0 Å². The molecule has 2 fully saturated rings. The van der Waals surface area contributed by atoms with E-state index in [4.69, 9.17) is 16.6 Å². The van der Waals surface area contributed by atoms with Gasteiger partial charge in [0, 0.05) is 32.3 Å². The van der Waals surface area contributed by atoms with Gasteiger partial charge < -0.3 is 20.2 Å². The molecule has 0 atom stereocenters. The number of nitrogens with zero attached hydrogens (tertiary/aromatic N) is 4. The summed E-state index contributed by atoms with van der Waals surface area (Å²) in [7, 11) is 1.67. The lowest BCUT2D eigenvalue weighted by molar-refractivity contribution is -0.0117. The van der Waals surface area contributed by atoms with Crippen molar-refractivity contribution < 1.29 is 8.78 Å². The minimum absolute atomic E-state index is 0.0840. The number of hydrazine groups is 1. The topological polar surface area (TPSA) is 93.4 Å². The SMILES string of the molecule is CCc1nc(/C(N)=C(\Cn2ccc(CC3CC3)cc2=O)N(C)N)ccc1N1CCCC(F)(F)C1. The lowest BCUT2D eigenvalue weighted by Gasteiger charge is -2.35. The average Bonchev–Trinajstić information content (AvgIpc) is 3.61. The van der Waals surface area contributed by atoms with Gasteiger partial charge in [0.25, 0.3) is 11.5 Å². The third kappa shape index (κ3) is 5.58. The number of hydrogen-bond acceptors (Lipinski definition) is 6. The molecule has 4 rings (SSSR count). The Hall–Kier alpha value is -2.94. The fourth-order valence-corrected chi connectivity index (χ4v) is 4.52. The number of nitrogens with two attached hydrogens (primary N) is 2. The summed E-state index contributed by atoms with van der Waals surface area (Å²) in [5.74, 6) is 4.09. The van der Waals surface area contributed by atoms with Crippen molar-refractivity contribution in [3.05, 3.63) is 63.5 Å². The highest BCUT2D eigenvalue weighted by atomic mass is 19.3. The molecule has 0 spiro atoms. The van der Waals surface area contributed by atoms with E-state index >= 15 is 0 Å². The molecule has 0 amide bonds. The van der Waals surface area contributed by atoms with Crippen LogP contribution in [-0.4, -0.2) is 40.6 Å². The van der Waals surface area contributed by atoms with Crippen LogP contribution < -0.4 is 22.0 Å². The normalized spacial score (nSPS) is 18.6. The molecule has 184 valence electrons. The van der Waals surface area contributed by atoms with Gasteiger partial charge in [0.2, 0.25) is 0 Å². The molecular formula is C25H34F2N6O. The molecule has 1 saturated heterocycles. The second kappa shape index (κ2) is 9.74. The Balaban J connectivity index is 1.61. The maximum Gasteiger partial charge on any atom is 0.265 e. The average molecular weight is 473 g/mol. The van der Waals surface area contributed by atoms with E-state index in [0.29, 0.717) is 53.8 Å². The van der Waals surface area contributed by atoms with Crippen LogP contribution in [0.2, 0.25) is 0 Å². The van der Waals surface area contributed by atoms with E-state index in [1.54, 1.807) is 34.8 Å². The molecule has 0 radical (unpaired) electrons. The van der Waals surface area contributed by atoms with Crippen LogP contribution in [0.25, 0.3) is 5.70 Å². The van der Waals surface area contributed by atoms with Crippen molar-refractivity contribution in [2.45, 2.75) is 57.9 Å². The standard InChI is InChI=1S/C25H34F2N6O/c1-3-19-21(33-11-4-10-25(26,27)16-33)8-7-20(30-19)24(28)22(31(2)29)15-32-12-9-18(14-23(32)34)13-17-5-6-17/h7-9,12,14,17H,3-6,10-11,13,15-16,28-29H2,1-2H3/b24-22-.